The van der Waals surface area contributed by atoms with Gasteiger partial charge in [-0.1, -0.05) is 6.07 Å². The molecular formula is C20H22FN3O6. The van der Waals surface area contributed by atoms with Gasteiger partial charge in [0.25, 0.3) is 11.6 Å². The molecule has 0 bridgehead atoms. The first-order valence-electron chi connectivity index (χ1n) is 9.02. The Bertz CT molecular complexity index is 950. The highest BCUT2D eigenvalue weighted by molar-refractivity contribution is 6.00. The van der Waals surface area contributed by atoms with Crippen molar-refractivity contribution in [2.24, 2.45) is 0 Å². The average Bonchev–Trinajstić information content (AvgIpc) is 2.70. The number of ether oxygens (including phenoxy) is 2. The predicted molar refractivity (Wildman–Crippen MR) is 108 cm³/mol. The Balaban J connectivity index is 2.13. The number of benzene rings is 2. The first-order chi connectivity index (χ1) is 14.2. The molecular weight excluding hydrogens is 397 g/mol. The fourth-order valence-electron chi connectivity index (χ4n) is 2.45. The number of amides is 1. The number of methoxy groups -OCH3 is 1. The van der Waals surface area contributed by atoms with Crippen molar-refractivity contribution in [2.75, 3.05) is 30.9 Å². The Kier molecular flexibility index (Phi) is 7.82. The Labute approximate surface area is 172 Å². The van der Waals surface area contributed by atoms with Crippen LogP contribution in [0.3, 0.4) is 0 Å². The number of non-ortho nitro benzene ring substituents is 1. The number of hydrogen-bond donors (Lipinski definition) is 2. The van der Waals surface area contributed by atoms with Crippen LogP contribution in [0.2, 0.25) is 0 Å². The fourth-order valence-corrected chi connectivity index (χ4v) is 2.45. The van der Waals surface area contributed by atoms with Crippen LogP contribution < -0.4 is 10.6 Å². The summed E-state index contributed by atoms with van der Waals surface area (Å²) in [6, 6.07) is 7.86. The van der Waals surface area contributed by atoms with Crippen molar-refractivity contribution in [3.8, 4) is 0 Å². The van der Waals surface area contributed by atoms with Gasteiger partial charge in [0.2, 0.25) is 0 Å². The SMILES string of the molecule is COCCNc1ccc([N+](=O)[O-])cc1C(=O)O[C@@H](C)C(=O)Nc1ccc(C)c(F)c1. The topological polar surface area (TPSA) is 120 Å². The number of rotatable bonds is 9. The summed E-state index contributed by atoms with van der Waals surface area (Å²) in [6.45, 7) is 3.62. The van der Waals surface area contributed by atoms with E-state index in [9.17, 15) is 24.1 Å². The van der Waals surface area contributed by atoms with Crippen LogP contribution in [0.25, 0.3) is 0 Å². The second kappa shape index (κ2) is 10.3. The van der Waals surface area contributed by atoms with Crippen molar-refractivity contribution >= 4 is 28.9 Å². The van der Waals surface area contributed by atoms with E-state index in [4.69, 9.17) is 9.47 Å². The summed E-state index contributed by atoms with van der Waals surface area (Å²) < 4.78 is 23.7. The molecule has 2 N–H and O–H groups in total. The van der Waals surface area contributed by atoms with Crippen molar-refractivity contribution < 1.29 is 28.4 Å². The lowest BCUT2D eigenvalue weighted by atomic mass is 10.1. The lowest BCUT2D eigenvalue weighted by Crippen LogP contribution is -2.30. The molecule has 0 aromatic heterocycles. The molecule has 0 heterocycles. The summed E-state index contributed by atoms with van der Waals surface area (Å²) in [7, 11) is 1.51. The number of carbonyl (C=O) groups is 2. The molecule has 10 heteroatoms. The molecule has 1 atom stereocenters. The van der Waals surface area contributed by atoms with Gasteiger partial charge in [0, 0.05) is 37.2 Å². The molecule has 0 aliphatic carbocycles. The number of nitro groups is 1. The molecule has 2 rings (SSSR count). The van der Waals surface area contributed by atoms with E-state index in [1.54, 1.807) is 6.92 Å². The van der Waals surface area contributed by atoms with Crippen LogP contribution in [0.15, 0.2) is 36.4 Å². The molecule has 0 unspecified atom stereocenters. The minimum Gasteiger partial charge on any atom is -0.449 e. The first-order valence-corrected chi connectivity index (χ1v) is 9.02. The number of hydrogen-bond acceptors (Lipinski definition) is 7. The van der Waals surface area contributed by atoms with E-state index < -0.39 is 28.7 Å². The number of nitro benzene ring substituents is 1. The zero-order chi connectivity index (χ0) is 22.3. The van der Waals surface area contributed by atoms with Crippen LogP contribution in [0.1, 0.15) is 22.8 Å². The minimum absolute atomic E-state index is 0.0960. The summed E-state index contributed by atoms with van der Waals surface area (Å²) in [4.78, 5) is 35.3. The van der Waals surface area contributed by atoms with E-state index in [1.165, 1.54) is 38.3 Å². The summed E-state index contributed by atoms with van der Waals surface area (Å²) in [5.74, 6) is -2.08. The summed E-state index contributed by atoms with van der Waals surface area (Å²) in [6.07, 6.45) is -1.23. The van der Waals surface area contributed by atoms with E-state index in [0.717, 1.165) is 12.1 Å². The zero-order valence-electron chi connectivity index (χ0n) is 16.7. The normalized spacial score (nSPS) is 11.5. The predicted octanol–water partition coefficient (Wildman–Crippen LogP) is 3.28. The van der Waals surface area contributed by atoms with Crippen LogP contribution in [0.4, 0.5) is 21.5 Å². The Morgan fingerprint density at radius 2 is 1.97 bits per heavy atom. The quantitative estimate of drug-likeness (QED) is 0.277. The van der Waals surface area contributed by atoms with Crippen molar-refractivity contribution in [2.45, 2.75) is 20.0 Å². The number of nitrogens with zero attached hydrogens (tertiary/aromatic N) is 1. The third-order valence-corrected chi connectivity index (χ3v) is 4.15. The highest BCUT2D eigenvalue weighted by atomic mass is 19.1. The van der Waals surface area contributed by atoms with E-state index in [-0.39, 0.29) is 16.9 Å². The number of halogens is 1. The second-order valence-corrected chi connectivity index (χ2v) is 6.41. The van der Waals surface area contributed by atoms with Gasteiger partial charge in [-0.15, -0.1) is 0 Å². The molecule has 1 amide bonds. The highest BCUT2D eigenvalue weighted by Crippen LogP contribution is 2.24. The van der Waals surface area contributed by atoms with Crippen molar-refractivity contribution in [3.63, 3.8) is 0 Å². The van der Waals surface area contributed by atoms with Crippen molar-refractivity contribution in [1.29, 1.82) is 0 Å². The number of nitrogens with one attached hydrogen (secondary N) is 2. The van der Waals surface area contributed by atoms with Gasteiger partial charge >= 0.3 is 5.97 Å². The summed E-state index contributed by atoms with van der Waals surface area (Å²) >= 11 is 0. The molecule has 2 aromatic rings. The van der Waals surface area contributed by atoms with Crippen LogP contribution in [-0.4, -0.2) is 43.2 Å². The third-order valence-electron chi connectivity index (χ3n) is 4.15. The Morgan fingerprint density at radius 1 is 1.23 bits per heavy atom. The molecule has 0 radical (unpaired) electrons. The zero-order valence-corrected chi connectivity index (χ0v) is 16.7. The maximum Gasteiger partial charge on any atom is 0.341 e. The molecule has 9 nitrogen and oxygen atoms in total. The lowest BCUT2D eigenvalue weighted by Gasteiger charge is -2.16. The Morgan fingerprint density at radius 3 is 2.60 bits per heavy atom. The molecule has 30 heavy (non-hydrogen) atoms. The largest absolute Gasteiger partial charge is 0.449 e. The maximum absolute atomic E-state index is 13.6. The number of carbonyl (C=O) groups excluding carboxylic acids is 2. The summed E-state index contributed by atoms with van der Waals surface area (Å²) in [5, 5.41) is 16.4. The van der Waals surface area contributed by atoms with Gasteiger partial charge in [0.05, 0.1) is 17.1 Å². The van der Waals surface area contributed by atoms with Crippen LogP contribution in [-0.2, 0) is 14.3 Å². The average molecular weight is 419 g/mol. The van der Waals surface area contributed by atoms with E-state index in [0.29, 0.717) is 24.4 Å². The molecule has 0 aliphatic rings. The number of anilines is 2. The smallest absolute Gasteiger partial charge is 0.341 e. The van der Waals surface area contributed by atoms with Crippen LogP contribution in [0, 0.1) is 22.9 Å². The first kappa shape index (κ1) is 22.8. The second-order valence-electron chi connectivity index (χ2n) is 6.41. The molecule has 0 spiro atoms. The Hall–Kier alpha value is -3.53. The maximum atomic E-state index is 13.6. The molecule has 0 saturated heterocycles. The van der Waals surface area contributed by atoms with Crippen LogP contribution >= 0.6 is 0 Å². The van der Waals surface area contributed by atoms with E-state index in [2.05, 4.69) is 10.6 Å². The van der Waals surface area contributed by atoms with Gasteiger partial charge in [-0.25, -0.2) is 9.18 Å². The molecule has 0 saturated carbocycles. The van der Waals surface area contributed by atoms with Gasteiger partial charge in [-0.3, -0.25) is 14.9 Å². The fraction of sp³-hybridized carbons (Fsp3) is 0.300. The molecule has 0 fully saturated rings. The van der Waals surface area contributed by atoms with Crippen molar-refractivity contribution in [1.82, 2.24) is 0 Å². The number of esters is 1. The van der Waals surface area contributed by atoms with Crippen molar-refractivity contribution in [3.05, 3.63) is 63.5 Å². The van der Waals surface area contributed by atoms with Gasteiger partial charge in [-0.05, 0) is 37.6 Å². The van der Waals surface area contributed by atoms with Crippen LogP contribution in [0.5, 0.6) is 0 Å². The minimum atomic E-state index is -1.23. The van der Waals surface area contributed by atoms with E-state index >= 15 is 0 Å². The van der Waals surface area contributed by atoms with Gasteiger partial charge in [0.1, 0.15) is 5.82 Å². The third kappa shape index (κ3) is 5.98. The monoisotopic (exact) mass is 419 g/mol. The van der Waals surface area contributed by atoms with Gasteiger partial charge in [-0.2, -0.15) is 0 Å². The molecule has 0 aliphatic heterocycles. The highest BCUT2D eigenvalue weighted by Gasteiger charge is 2.23. The van der Waals surface area contributed by atoms with Gasteiger partial charge < -0.3 is 20.1 Å². The van der Waals surface area contributed by atoms with E-state index in [1.807, 2.05) is 0 Å². The summed E-state index contributed by atoms with van der Waals surface area (Å²) in [5.41, 5.74) is 0.540. The number of aryl methyl sites for hydroxylation is 1. The lowest BCUT2D eigenvalue weighted by molar-refractivity contribution is -0.384. The molecule has 160 valence electrons. The molecule has 2 aromatic carbocycles. The van der Waals surface area contributed by atoms with Gasteiger partial charge in [0.15, 0.2) is 6.10 Å². The standard InChI is InChI=1S/C20H22FN3O6/c1-12-4-5-14(10-17(12)21)23-19(25)13(2)30-20(26)16-11-15(24(27)28)6-7-18(16)22-8-9-29-3/h4-7,10-11,13,22H,8-9H2,1-3H3,(H,23,25)/t13-/m0/s1.